The van der Waals surface area contributed by atoms with E-state index in [4.69, 9.17) is 19.4 Å². The molecule has 0 spiro atoms. The van der Waals surface area contributed by atoms with Crippen molar-refractivity contribution >= 4 is 37.4 Å². The van der Waals surface area contributed by atoms with Crippen molar-refractivity contribution < 1.29 is 28.7 Å². The van der Waals surface area contributed by atoms with E-state index in [1.807, 2.05) is 18.2 Å². The van der Waals surface area contributed by atoms with Gasteiger partial charge in [0.05, 0.1) is 0 Å². The molecule has 8 heteroatoms. The van der Waals surface area contributed by atoms with E-state index < -0.39 is 14.1 Å². The van der Waals surface area contributed by atoms with Crippen LogP contribution in [-0.2, 0) is 14.1 Å². The molecule has 170 valence electrons. The van der Waals surface area contributed by atoms with Crippen molar-refractivity contribution in [2.75, 3.05) is 0 Å². The van der Waals surface area contributed by atoms with Gasteiger partial charge < -0.3 is 14.5 Å². The summed E-state index contributed by atoms with van der Waals surface area (Å²) < 4.78 is 20.7. The molecule has 6 nitrogen and oxygen atoms in total. The quantitative estimate of drug-likeness (QED) is 0.0640. The Morgan fingerprint density at radius 3 is 1.73 bits per heavy atom. The second-order valence-corrected chi connectivity index (χ2v) is 8.68. The minimum atomic E-state index is -4.70. The summed E-state index contributed by atoms with van der Waals surface area (Å²) in [5.74, 6) is 0.571. The van der Waals surface area contributed by atoms with Gasteiger partial charge in [0.15, 0.2) is 0 Å². The predicted octanol–water partition coefficient (Wildman–Crippen LogP) is 6.27. The Hall–Kier alpha value is 0.0900. The van der Waals surface area contributed by atoms with Crippen LogP contribution in [-0.4, -0.2) is 45.6 Å². The number of ether oxygens (including phenoxy) is 1. The number of unbranched alkanes of at least 4 members (excludes halogenated alkanes) is 12. The van der Waals surface area contributed by atoms with Gasteiger partial charge in [0.2, 0.25) is 6.29 Å². The molecule has 0 amide bonds. The molecule has 1 rings (SSSR count). The van der Waals surface area contributed by atoms with Crippen molar-refractivity contribution in [3.63, 3.8) is 0 Å². The minimum absolute atomic E-state index is 0. The molecule has 30 heavy (non-hydrogen) atoms. The van der Waals surface area contributed by atoms with Gasteiger partial charge >= 0.3 is 37.4 Å². The summed E-state index contributed by atoms with van der Waals surface area (Å²) in [5.41, 5.74) is 0. The Morgan fingerprint density at radius 2 is 1.27 bits per heavy atom. The molecule has 0 aliphatic rings. The average molecular weight is 455 g/mol. The van der Waals surface area contributed by atoms with Crippen LogP contribution in [0.2, 0.25) is 0 Å². The van der Waals surface area contributed by atoms with E-state index in [-0.39, 0.29) is 29.6 Å². The molecule has 0 saturated heterocycles. The van der Waals surface area contributed by atoms with Gasteiger partial charge in [0.25, 0.3) is 0 Å². The van der Waals surface area contributed by atoms with E-state index in [2.05, 4.69) is 11.6 Å². The van der Waals surface area contributed by atoms with Crippen LogP contribution in [0.25, 0.3) is 0 Å². The number of phosphoric acid groups is 1. The normalized spacial score (nSPS) is 12.4. The van der Waals surface area contributed by atoms with Crippen molar-refractivity contribution in [2.45, 2.75) is 103 Å². The van der Waals surface area contributed by atoms with Gasteiger partial charge in [-0.3, -0.25) is 0 Å². The van der Waals surface area contributed by atoms with E-state index in [0.717, 1.165) is 19.3 Å². The molecule has 0 radical (unpaired) electrons. The first-order valence-corrected chi connectivity index (χ1v) is 12.7. The number of benzene rings is 1. The fourth-order valence-corrected chi connectivity index (χ4v) is 3.42. The third kappa shape index (κ3) is 18.8. The molecular formula is C22H40NaO6P. The summed E-state index contributed by atoms with van der Waals surface area (Å²) in [6.07, 6.45) is 16.0. The third-order valence-corrected chi connectivity index (χ3v) is 5.08. The average Bonchev–Trinajstić information content (AvgIpc) is 2.69. The Morgan fingerprint density at radius 1 is 0.800 bits per heavy atom. The fourth-order valence-electron chi connectivity index (χ4n) is 3.21. The summed E-state index contributed by atoms with van der Waals surface area (Å²) in [5, 5.41) is 0. The second kappa shape index (κ2) is 19.8. The Balaban J connectivity index is 0.00000841. The van der Waals surface area contributed by atoms with Crippen LogP contribution < -0.4 is 4.74 Å². The van der Waals surface area contributed by atoms with Crippen molar-refractivity contribution in [3.8, 4) is 5.75 Å². The molecule has 0 fully saturated rings. The van der Waals surface area contributed by atoms with Crippen LogP contribution >= 0.6 is 7.82 Å². The number of hydrogen-bond donors (Lipinski definition) is 2. The maximum atomic E-state index is 10.9. The molecule has 0 aromatic heterocycles. The number of rotatable bonds is 19. The van der Waals surface area contributed by atoms with Gasteiger partial charge in [0, 0.05) is 6.42 Å². The molecule has 0 aliphatic carbocycles. The summed E-state index contributed by atoms with van der Waals surface area (Å²) >= 11 is 0. The number of hydrogen-bond acceptors (Lipinski definition) is 4. The monoisotopic (exact) mass is 454 g/mol. The van der Waals surface area contributed by atoms with Crippen LogP contribution in [0.15, 0.2) is 30.3 Å². The van der Waals surface area contributed by atoms with Crippen LogP contribution in [0.4, 0.5) is 0 Å². The Kier molecular flexibility index (Phi) is 19.8. The van der Waals surface area contributed by atoms with Gasteiger partial charge in [-0.2, -0.15) is 4.89 Å². The van der Waals surface area contributed by atoms with Crippen molar-refractivity contribution in [3.05, 3.63) is 30.3 Å². The van der Waals surface area contributed by atoms with Crippen molar-refractivity contribution in [2.24, 2.45) is 0 Å². The zero-order chi connectivity index (χ0) is 21.2. The van der Waals surface area contributed by atoms with E-state index in [0.29, 0.717) is 12.2 Å². The number of para-hydroxylation sites is 1. The van der Waals surface area contributed by atoms with Gasteiger partial charge in [-0.05, 0) is 18.6 Å². The van der Waals surface area contributed by atoms with E-state index >= 15 is 0 Å². The van der Waals surface area contributed by atoms with Crippen LogP contribution in [0.5, 0.6) is 5.75 Å². The fraction of sp³-hybridized carbons (Fsp3) is 0.727. The van der Waals surface area contributed by atoms with Crippen LogP contribution in [0.3, 0.4) is 0 Å². The van der Waals surface area contributed by atoms with Crippen molar-refractivity contribution in [1.29, 1.82) is 0 Å². The third-order valence-electron chi connectivity index (χ3n) is 4.80. The summed E-state index contributed by atoms with van der Waals surface area (Å²) in [7, 11) is -4.70. The summed E-state index contributed by atoms with van der Waals surface area (Å²) in [6, 6.07) is 9.03. The van der Waals surface area contributed by atoms with Gasteiger partial charge in [-0.15, -0.1) is 4.67 Å². The first-order chi connectivity index (χ1) is 14.0. The standard InChI is InChI=1S/C22H39O6P.Na.H/c1-2-3-4-5-6-7-8-9-10-11-12-13-17-20-22(27-28-29(23,24)25)26-21-18-15-14-16-19-21;;/h14-16,18-19,22H,2-13,17,20H2,1H3,(H2,23,24,25);;. The maximum absolute atomic E-state index is 10.9. The Bertz CT molecular complexity index is 540. The van der Waals surface area contributed by atoms with Crippen LogP contribution in [0.1, 0.15) is 96.8 Å². The predicted molar refractivity (Wildman–Crippen MR) is 123 cm³/mol. The van der Waals surface area contributed by atoms with E-state index in [1.165, 1.54) is 64.2 Å². The molecule has 1 aromatic carbocycles. The Labute approximate surface area is 204 Å². The second-order valence-electron chi connectivity index (χ2n) is 7.55. The van der Waals surface area contributed by atoms with Gasteiger partial charge in [-0.25, -0.2) is 4.57 Å². The molecule has 1 aromatic rings. The summed E-state index contributed by atoms with van der Waals surface area (Å²) in [4.78, 5) is 22.5. The van der Waals surface area contributed by atoms with E-state index in [1.54, 1.807) is 12.1 Å². The molecule has 2 N–H and O–H groups in total. The van der Waals surface area contributed by atoms with E-state index in [9.17, 15) is 4.57 Å². The van der Waals surface area contributed by atoms with Crippen LogP contribution in [0, 0.1) is 0 Å². The molecule has 0 bridgehead atoms. The molecule has 1 unspecified atom stereocenters. The molecule has 0 aliphatic heterocycles. The van der Waals surface area contributed by atoms with Crippen molar-refractivity contribution in [1.82, 2.24) is 0 Å². The molecule has 1 atom stereocenters. The SMILES string of the molecule is CCCCCCCCCCCCCCCC(OOP(=O)(O)O)Oc1ccccc1.[NaH]. The molecule has 0 heterocycles. The van der Waals surface area contributed by atoms with Gasteiger partial charge in [-0.1, -0.05) is 102 Å². The van der Waals surface area contributed by atoms with Gasteiger partial charge in [0.1, 0.15) is 5.75 Å². The molecule has 0 saturated carbocycles. The molecular weight excluding hydrogens is 414 g/mol. The summed E-state index contributed by atoms with van der Waals surface area (Å²) in [6.45, 7) is 2.25. The zero-order valence-electron chi connectivity index (χ0n) is 17.8. The zero-order valence-corrected chi connectivity index (χ0v) is 18.7. The first kappa shape index (κ1) is 30.1. The first-order valence-electron chi connectivity index (χ1n) is 11.1. The topological polar surface area (TPSA) is 85.2 Å².